The van der Waals surface area contributed by atoms with Crippen molar-refractivity contribution in [2.75, 3.05) is 46.4 Å². The molecule has 3 heterocycles. The Hall–Kier alpha value is -3.18. The number of fused-ring (bicyclic) bond motifs is 1. The lowest BCUT2D eigenvalue weighted by molar-refractivity contribution is 0.144. The standard InChI is InChI=1S/C20H24FN7O3/c1-25-9-11-27(12-10-25)8-3-13-31-19-22-16-17(23-24-19)28(20(30)26(2)18(16)29)15-6-4-14(21)5-7-15/h4-7H,3,8-13H2,1-2H3. The second kappa shape index (κ2) is 8.90. The lowest BCUT2D eigenvalue weighted by Gasteiger charge is -2.32. The Labute approximate surface area is 177 Å². The molecule has 1 aliphatic heterocycles. The number of rotatable bonds is 6. The average molecular weight is 429 g/mol. The molecule has 1 fully saturated rings. The molecule has 0 amide bonds. The van der Waals surface area contributed by atoms with Crippen LogP contribution in [-0.2, 0) is 7.05 Å². The predicted molar refractivity (Wildman–Crippen MR) is 112 cm³/mol. The van der Waals surface area contributed by atoms with Gasteiger partial charge in [-0.05, 0) is 37.7 Å². The van der Waals surface area contributed by atoms with E-state index in [4.69, 9.17) is 4.74 Å². The number of aromatic nitrogens is 5. The summed E-state index contributed by atoms with van der Waals surface area (Å²) in [4.78, 5) is 34.1. The molecule has 31 heavy (non-hydrogen) atoms. The highest BCUT2D eigenvalue weighted by Crippen LogP contribution is 2.13. The summed E-state index contributed by atoms with van der Waals surface area (Å²) in [6.07, 6.45) is 0.790. The number of piperazine rings is 1. The van der Waals surface area contributed by atoms with Gasteiger partial charge in [-0.1, -0.05) is 5.10 Å². The monoisotopic (exact) mass is 429 g/mol. The molecule has 4 rings (SSSR count). The molecule has 0 aliphatic carbocycles. The fourth-order valence-corrected chi connectivity index (χ4v) is 3.49. The van der Waals surface area contributed by atoms with E-state index in [9.17, 15) is 14.0 Å². The van der Waals surface area contributed by atoms with Crippen LogP contribution in [0.4, 0.5) is 4.39 Å². The highest BCUT2D eigenvalue weighted by Gasteiger charge is 2.17. The molecular formula is C20H24FN7O3. The minimum absolute atomic E-state index is 0.00973. The summed E-state index contributed by atoms with van der Waals surface area (Å²) in [6, 6.07) is 5.26. The zero-order chi connectivity index (χ0) is 22.0. The first-order chi connectivity index (χ1) is 14.9. The first-order valence-corrected chi connectivity index (χ1v) is 10.1. The number of ether oxygens (including phenoxy) is 1. The summed E-state index contributed by atoms with van der Waals surface area (Å²) in [7, 11) is 3.47. The van der Waals surface area contributed by atoms with E-state index in [-0.39, 0.29) is 17.2 Å². The fourth-order valence-electron chi connectivity index (χ4n) is 3.49. The molecule has 0 atom stereocenters. The van der Waals surface area contributed by atoms with E-state index in [1.54, 1.807) is 0 Å². The number of nitrogens with zero attached hydrogens (tertiary/aromatic N) is 7. The van der Waals surface area contributed by atoms with Crippen molar-refractivity contribution >= 4 is 11.2 Å². The molecule has 3 aromatic rings. The summed E-state index contributed by atoms with van der Waals surface area (Å²) >= 11 is 0. The van der Waals surface area contributed by atoms with E-state index in [1.807, 2.05) is 0 Å². The van der Waals surface area contributed by atoms with Gasteiger partial charge in [-0.3, -0.25) is 9.36 Å². The lowest BCUT2D eigenvalue weighted by atomic mass is 10.3. The molecule has 11 heteroatoms. The van der Waals surface area contributed by atoms with Crippen LogP contribution < -0.4 is 16.0 Å². The van der Waals surface area contributed by atoms with Gasteiger partial charge in [-0.25, -0.2) is 13.8 Å². The van der Waals surface area contributed by atoms with E-state index in [1.165, 1.54) is 35.9 Å². The van der Waals surface area contributed by atoms with Crippen LogP contribution >= 0.6 is 0 Å². The van der Waals surface area contributed by atoms with Crippen molar-refractivity contribution in [2.45, 2.75) is 6.42 Å². The maximum Gasteiger partial charge on any atom is 0.337 e. The van der Waals surface area contributed by atoms with Crippen LogP contribution in [0.25, 0.3) is 16.9 Å². The molecule has 1 aromatic carbocycles. The van der Waals surface area contributed by atoms with E-state index in [0.717, 1.165) is 43.7 Å². The highest BCUT2D eigenvalue weighted by molar-refractivity contribution is 5.70. The van der Waals surface area contributed by atoms with Crippen LogP contribution in [-0.4, -0.2) is 80.5 Å². The molecule has 164 valence electrons. The van der Waals surface area contributed by atoms with Crippen molar-refractivity contribution in [3.63, 3.8) is 0 Å². The van der Waals surface area contributed by atoms with Crippen LogP contribution in [0.2, 0.25) is 0 Å². The molecule has 2 aromatic heterocycles. The predicted octanol–water partition coefficient (Wildman–Crippen LogP) is 0.0298. The second-order valence-electron chi connectivity index (χ2n) is 7.57. The SMILES string of the molecule is CN1CCN(CCCOc2nnc3c(n2)c(=O)n(C)c(=O)n3-c2ccc(F)cc2)CC1. The summed E-state index contributed by atoms with van der Waals surface area (Å²) in [5, 5.41) is 7.95. The molecule has 1 saturated heterocycles. The number of hydrogen-bond acceptors (Lipinski definition) is 8. The van der Waals surface area contributed by atoms with Gasteiger partial charge in [-0.15, -0.1) is 5.10 Å². The molecular weight excluding hydrogens is 405 g/mol. The Morgan fingerprint density at radius 2 is 1.74 bits per heavy atom. The van der Waals surface area contributed by atoms with Gasteiger partial charge in [0.2, 0.25) is 0 Å². The molecule has 0 unspecified atom stereocenters. The van der Waals surface area contributed by atoms with E-state index >= 15 is 0 Å². The number of hydrogen-bond donors (Lipinski definition) is 0. The van der Waals surface area contributed by atoms with Crippen molar-refractivity contribution < 1.29 is 9.13 Å². The van der Waals surface area contributed by atoms with Crippen LogP contribution in [0.3, 0.4) is 0 Å². The second-order valence-corrected chi connectivity index (χ2v) is 7.57. The molecule has 0 N–H and O–H groups in total. The van der Waals surface area contributed by atoms with Gasteiger partial charge in [0.25, 0.3) is 5.56 Å². The van der Waals surface area contributed by atoms with E-state index in [2.05, 4.69) is 32.0 Å². The van der Waals surface area contributed by atoms with Gasteiger partial charge in [0.05, 0.1) is 12.3 Å². The maximum absolute atomic E-state index is 13.3. The normalized spacial score (nSPS) is 15.5. The number of likely N-dealkylation sites (N-methyl/N-ethyl adjacent to an activating group) is 1. The third-order valence-electron chi connectivity index (χ3n) is 5.38. The topological polar surface area (TPSA) is 98.4 Å². The van der Waals surface area contributed by atoms with Gasteiger partial charge >= 0.3 is 11.7 Å². The fraction of sp³-hybridized carbons (Fsp3) is 0.450. The molecule has 0 saturated carbocycles. The number of benzene rings is 1. The van der Waals surface area contributed by atoms with Crippen molar-refractivity contribution in [3.8, 4) is 11.7 Å². The summed E-state index contributed by atoms with van der Waals surface area (Å²) in [5.41, 5.74) is -0.930. The van der Waals surface area contributed by atoms with Gasteiger partial charge in [0.15, 0.2) is 11.2 Å². The molecule has 0 spiro atoms. The third-order valence-corrected chi connectivity index (χ3v) is 5.38. The molecule has 10 nitrogen and oxygen atoms in total. The van der Waals surface area contributed by atoms with Gasteiger partial charge < -0.3 is 14.5 Å². The average Bonchev–Trinajstić information content (AvgIpc) is 2.78. The third kappa shape index (κ3) is 4.47. The van der Waals surface area contributed by atoms with Gasteiger partial charge in [-0.2, -0.15) is 4.98 Å². The van der Waals surface area contributed by atoms with Crippen molar-refractivity contribution in [3.05, 3.63) is 50.9 Å². The van der Waals surface area contributed by atoms with Crippen LogP contribution in [0, 0.1) is 5.82 Å². The van der Waals surface area contributed by atoms with Gasteiger partial charge in [0.1, 0.15) is 5.82 Å². The highest BCUT2D eigenvalue weighted by atomic mass is 19.1. The van der Waals surface area contributed by atoms with Crippen molar-refractivity contribution in [1.29, 1.82) is 0 Å². The zero-order valence-electron chi connectivity index (χ0n) is 17.5. The molecule has 0 radical (unpaired) electrons. The van der Waals surface area contributed by atoms with E-state index < -0.39 is 17.1 Å². The van der Waals surface area contributed by atoms with Crippen LogP contribution in [0.15, 0.2) is 33.9 Å². The van der Waals surface area contributed by atoms with Crippen LogP contribution in [0.5, 0.6) is 6.01 Å². The lowest BCUT2D eigenvalue weighted by Crippen LogP contribution is -2.44. The Morgan fingerprint density at radius 3 is 2.45 bits per heavy atom. The Bertz CT molecular complexity index is 1180. The Kier molecular flexibility index (Phi) is 6.05. The van der Waals surface area contributed by atoms with Crippen molar-refractivity contribution in [2.24, 2.45) is 7.05 Å². The minimum atomic E-state index is -0.624. The zero-order valence-corrected chi connectivity index (χ0v) is 17.5. The Balaban J connectivity index is 1.54. The number of halogens is 1. The molecule has 1 aliphatic rings. The minimum Gasteiger partial charge on any atom is -0.462 e. The smallest absolute Gasteiger partial charge is 0.337 e. The largest absolute Gasteiger partial charge is 0.462 e. The first-order valence-electron chi connectivity index (χ1n) is 10.1. The first kappa shape index (κ1) is 21.1. The van der Waals surface area contributed by atoms with Gasteiger partial charge in [0, 0.05) is 39.8 Å². The van der Waals surface area contributed by atoms with Crippen LogP contribution in [0.1, 0.15) is 6.42 Å². The maximum atomic E-state index is 13.3. The summed E-state index contributed by atoms with van der Waals surface area (Å²) < 4.78 is 21.0. The van der Waals surface area contributed by atoms with Crippen molar-refractivity contribution in [1.82, 2.24) is 34.1 Å². The quantitative estimate of drug-likeness (QED) is 0.506. The van der Waals surface area contributed by atoms with E-state index in [0.29, 0.717) is 12.3 Å². The summed E-state index contributed by atoms with van der Waals surface area (Å²) in [5.74, 6) is -0.442. The molecule has 0 bridgehead atoms. The Morgan fingerprint density at radius 1 is 1.03 bits per heavy atom. The summed E-state index contributed by atoms with van der Waals surface area (Å²) in [6.45, 7) is 5.45.